The molecule has 1 N–H and O–H groups in total. The van der Waals surface area contributed by atoms with E-state index in [4.69, 9.17) is 5.11 Å². The third-order valence-electron chi connectivity index (χ3n) is 1.61. The Kier molecular flexibility index (Phi) is 2.87. The lowest BCUT2D eigenvalue weighted by Gasteiger charge is -2.04. The molecule has 0 aliphatic rings. The smallest absolute Gasteiger partial charge is 0.337 e. The fourth-order valence-electron chi connectivity index (χ4n) is 0.951. The minimum absolute atomic E-state index is 0.297. The molecule has 0 bridgehead atoms. The average molecular weight is 216 g/mol. The molecule has 0 heterocycles. The largest absolute Gasteiger partial charge is 0.478 e. The Balaban J connectivity index is 3.42. The van der Waals surface area contributed by atoms with Gasteiger partial charge in [0.25, 0.3) is 10.1 Å². The third kappa shape index (κ3) is 1.91. The van der Waals surface area contributed by atoms with Crippen molar-refractivity contribution >= 4 is 16.1 Å². The molecule has 0 atom stereocenters. The van der Waals surface area contributed by atoms with Gasteiger partial charge in [-0.05, 0) is 12.1 Å². The molecule has 1 rings (SSSR count). The molecular formula is C8H8O5S. The molecule has 0 spiro atoms. The quantitative estimate of drug-likeness (QED) is 0.753. The molecule has 76 valence electrons. The SMILES string of the molecule is COS(=O)(=O)c1ccccc1C(=O)O. The summed E-state index contributed by atoms with van der Waals surface area (Å²) in [6.07, 6.45) is 0. The van der Waals surface area contributed by atoms with Gasteiger partial charge in [-0.1, -0.05) is 12.1 Å². The number of hydrogen-bond donors (Lipinski definition) is 1. The van der Waals surface area contributed by atoms with Crippen LogP contribution in [0.15, 0.2) is 29.2 Å². The van der Waals surface area contributed by atoms with Gasteiger partial charge >= 0.3 is 5.97 Å². The first-order chi connectivity index (χ1) is 6.49. The number of carboxylic acids is 1. The maximum atomic E-state index is 11.2. The molecule has 5 nitrogen and oxygen atoms in total. The molecule has 0 saturated carbocycles. The number of aromatic carboxylic acids is 1. The second kappa shape index (κ2) is 3.77. The summed E-state index contributed by atoms with van der Waals surface area (Å²) in [6.45, 7) is 0. The molecule has 0 radical (unpaired) electrons. The van der Waals surface area contributed by atoms with Crippen molar-refractivity contribution in [2.75, 3.05) is 7.11 Å². The van der Waals surface area contributed by atoms with E-state index in [1.54, 1.807) is 0 Å². The van der Waals surface area contributed by atoms with Crippen LogP contribution in [0.4, 0.5) is 0 Å². The van der Waals surface area contributed by atoms with Crippen LogP contribution in [0.3, 0.4) is 0 Å². The highest BCUT2D eigenvalue weighted by Crippen LogP contribution is 2.16. The highest BCUT2D eigenvalue weighted by atomic mass is 32.2. The summed E-state index contributed by atoms with van der Waals surface area (Å²) in [7, 11) is -2.97. The summed E-state index contributed by atoms with van der Waals surface area (Å²) in [6, 6.07) is 5.26. The van der Waals surface area contributed by atoms with Gasteiger partial charge in [-0.25, -0.2) is 4.79 Å². The zero-order valence-electron chi connectivity index (χ0n) is 7.30. The van der Waals surface area contributed by atoms with Crippen LogP contribution in [0.1, 0.15) is 10.4 Å². The summed E-state index contributed by atoms with van der Waals surface area (Å²) in [5.41, 5.74) is -0.297. The van der Waals surface area contributed by atoms with E-state index in [2.05, 4.69) is 4.18 Å². The van der Waals surface area contributed by atoms with Crippen molar-refractivity contribution in [3.8, 4) is 0 Å². The lowest BCUT2D eigenvalue weighted by Crippen LogP contribution is -2.09. The van der Waals surface area contributed by atoms with E-state index in [0.29, 0.717) is 0 Å². The van der Waals surface area contributed by atoms with E-state index in [-0.39, 0.29) is 10.5 Å². The first-order valence-electron chi connectivity index (χ1n) is 3.62. The van der Waals surface area contributed by atoms with Gasteiger partial charge in [0.15, 0.2) is 0 Å². The number of benzene rings is 1. The lowest BCUT2D eigenvalue weighted by molar-refractivity contribution is 0.0692. The van der Waals surface area contributed by atoms with Crippen molar-refractivity contribution in [3.63, 3.8) is 0 Å². The molecule has 0 fully saturated rings. The second-order valence-corrected chi connectivity index (χ2v) is 4.10. The van der Waals surface area contributed by atoms with E-state index >= 15 is 0 Å². The van der Waals surface area contributed by atoms with E-state index < -0.39 is 16.1 Å². The van der Waals surface area contributed by atoms with Gasteiger partial charge in [-0.15, -0.1) is 0 Å². The van der Waals surface area contributed by atoms with Crippen LogP contribution in [-0.2, 0) is 14.3 Å². The molecule has 0 saturated heterocycles. The minimum Gasteiger partial charge on any atom is -0.478 e. The van der Waals surface area contributed by atoms with E-state index in [1.807, 2.05) is 0 Å². The summed E-state index contributed by atoms with van der Waals surface area (Å²) < 4.78 is 26.7. The summed E-state index contributed by atoms with van der Waals surface area (Å²) in [5, 5.41) is 8.70. The maximum absolute atomic E-state index is 11.2. The Morgan fingerprint density at radius 1 is 1.36 bits per heavy atom. The highest BCUT2D eigenvalue weighted by Gasteiger charge is 2.20. The monoisotopic (exact) mass is 216 g/mol. The zero-order valence-corrected chi connectivity index (χ0v) is 8.11. The molecule has 0 aliphatic carbocycles. The van der Waals surface area contributed by atoms with Crippen LogP contribution >= 0.6 is 0 Å². The van der Waals surface area contributed by atoms with Crippen LogP contribution in [0.5, 0.6) is 0 Å². The Labute approximate surface area is 81.1 Å². The Bertz CT molecular complexity index is 449. The van der Waals surface area contributed by atoms with E-state index in [1.165, 1.54) is 24.3 Å². The van der Waals surface area contributed by atoms with Crippen molar-refractivity contribution < 1.29 is 22.5 Å². The standard InChI is InChI=1S/C8H8O5S/c1-13-14(11,12)7-5-3-2-4-6(7)8(9)10/h2-5H,1H3,(H,9,10). The predicted octanol–water partition coefficient (Wildman–Crippen LogP) is 0.720. The van der Waals surface area contributed by atoms with Gasteiger partial charge in [-0.3, -0.25) is 4.18 Å². The Hall–Kier alpha value is -1.40. The van der Waals surface area contributed by atoms with Crippen molar-refractivity contribution in [2.24, 2.45) is 0 Å². The maximum Gasteiger partial charge on any atom is 0.337 e. The number of rotatable bonds is 3. The van der Waals surface area contributed by atoms with Gasteiger partial charge < -0.3 is 5.11 Å². The topological polar surface area (TPSA) is 80.7 Å². The van der Waals surface area contributed by atoms with Crippen molar-refractivity contribution in [2.45, 2.75) is 4.90 Å². The first-order valence-corrected chi connectivity index (χ1v) is 5.03. The molecule has 0 amide bonds. The van der Waals surface area contributed by atoms with Crippen LogP contribution in [0, 0.1) is 0 Å². The van der Waals surface area contributed by atoms with Crippen molar-refractivity contribution in [1.29, 1.82) is 0 Å². The number of hydrogen-bond acceptors (Lipinski definition) is 4. The molecule has 0 aromatic heterocycles. The molecule has 1 aromatic rings. The second-order valence-electron chi connectivity index (χ2n) is 2.42. The number of carboxylic acid groups (broad SMARTS) is 1. The van der Waals surface area contributed by atoms with Crippen LogP contribution in [-0.4, -0.2) is 26.6 Å². The van der Waals surface area contributed by atoms with Gasteiger partial charge in [0, 0.05) is 0 Å². The zero-order chi connectivity index (χ0) is 10.8. The third-order valence-corrected chi connectivity index (χ3v) is 2.94. The summed E-state index contributed by atoms with van der Waals surface area (Å²) in [5.74, 6) is -1.30. The fraction of sp³-hybridized carbons (Fsp3) is 0.125. The van der Waals surface area contributed by atoms with Gasteiger partial charge in [-0.2, -0.15) is 8.42 Å². The van der Waals surface area contributed by atoms with Crippen LogP contribution < -0.4 is 0 Å². The summed E-state index contributed by atoms with van der Waals surface area (Å²) in [4.78, 5) is 10.3. The molecule has 0 aliphatic heterocycles. The fourth-order valence-corrected chi connectivity index (χ4v) is 1.80. The normalized spacial score (nSPS) is 11.2. The van der Waals surface area contributed by atoms with Crippen LogP contribution in [0.2, 0.25) is 0 Å². The predicted molar refractivity (Wildman–Crippen MR) is 47.6 cm³/mol. The molecule has 6 heteroatoms. The van der Waals surface area contributed by atoms with E-state index in [9.17, 15) is 13.2 Å². The van der Waals surface area contributed by atoms with E-state index in [0.717, 1.165) is 7.11 Å². The Morgan fingerprint density at radius 3 is 2.43 bits per heavy atom. The lowest BCUT2D eigenvalue weighted by atomic mass is 10.2. The molecule has 1 aromatic carbocycles. The van der Waals surface area contributed by atoms with Crippen molar-refractivity contribution in [1.82, 2.24) is 0 Å². The Morgan fingerprint density at radius 2 is 1.93 bits per heavy atom. The minimum atomic E-state index is -3.95. The molecular weight excluding hydrogens is 208 g/mol. The van der Waals surface area contributed by atoms with Gasteiger partial charge in [0.1, 0.15) is 4.90 Å². The first kappa shape index (κ1) is 10.7. The van der Waals surface area contributed by atoms with Crippen molar-refractivity contribution in [3.05, 3.63) is 29.8 Å². The molecule has 0 unspecified atom stereocenters. The van der Waals surface area contributed by atoms with Gasteiger partial charge in [0.2, 0.25) is 0 Å². The highest BCUT2D eigenvalue weighted by molar-refractivity contribution is 7.86. The number of carbonyl (C=O) groups is 1. The van der Waals surface area contributed by atoms with Gasteiger partial charge in [0.05, 0.1) is 12.7 Å². The molecule has 14 heavy (non-hydrogen) atoms. The average Bonchev–Trinajstić information content (AvgIpc) is 2.18. The van der Waals surface area contributed by atoms with Crippen LogP contribution in [0.25, 0.3) is 0 Å². The summed E-state index contributed by atoms with van der Waals surface area (Å²) >= 11 is 0.